The lowest BCUT2D eigenvalue weighted by Gasteiger charge is -2.27. The van der Waals surface area contributed by atoms with Crippen molar-refractivity contribution in [2.45, 2.75) is 24.6 Å². The molecule has 30 heavy (non-hydrogen) atoms. The van der Waals surface area contributed by atoms with E-state index in [0.717, 1.165) is 48.1 Å². The largest absolute Gasteiger partial charge is 0.384 e. The molecule has 0 radical (unpaired) electrons. The number of ether oxygens (including phenoxy) is 1. The second-order valence-corrected chi connectivity index (χ2v) is 8.15. The number of halogens is 1. The Bertz CT molecular complexity index is 1140. The number of methoxy groups -OCH3 is 1. The molecule has 0 saturated heterocycles. The van der Waals surface area contributed by atoms with Crippen molar-refractivity contribution in [3.8, 4) is 11.4 Å². The molecule has 5 rings (SSSR count). The highest BCUT2D eigenvalue weighted by Gasteiger charge is 2.31. The molecule has 2 aliphatic rings. The van der Waals surface area contributed by atoms with Crippen LogP contribution in [0.2, 0.25) is 0 Å². The van der Waals surface area contributed by atoms with E-state index >= 15 is 0 Å². The third-order valence-electron chi connectivity index (χ3n) is 5.69. The van der Waals surface area contributed by atoms with Gasteiger partial charge in [-0.25, -0.2) is 9.97 Å². The van der Waals surface area contributed by atoms with Crippen molar-refractivity contribution in [1.82, 2.24) is 15.0 Å². The molecule has 0 bridgehead atoms. The summed E-state index contributed by atoms with van der Waals surface area (Å²) in [4.78, 5) is 16.4. The number of nitrogens with zero attached hydrogens (tertiary/aromatic N) is 4. The first-order chi connectivity index (χ1) is 14.7. The summed E-state index contributed by atoms with van der Waals surface area (Å²) in [6, 6.07) is 10.3. The van der Waals surface area contributed by atoms with Crippen molar-refractivity contribution in [1.29, 1.82) is 0 Å². The summed E-state index contributed by atoms with van der Waals surface area (Å²) in [5.41, 5.74) is 5.53. The predicted octanol–water partition coefficient (Wildman–Crippen LogP) is 4.91. The molecule has 1 aliphatic heterocycles. The Morgan fingerprint density at radius 3 is 3.00 bits per heavy atom. The van der Waals surface area contributed by atoms with Gasteiger partial charge in [-0.2, -0.15) is 0 Å². The number of aromatic nitrogens is 3. The highest BCUT2D eigenvalue weighted by atomic mass is 35.5. The maximum atomic E-state index is 6.75. The summed E-state index contributed by atoms with van der Waals surface area (Å²) in [6.07, 6.45) is 10.6. The van der Waals surface area contributed by atoms with Gasteiger partial charge in [-0.1, -0.05) is 18.2 Å². The first-order valence-electron chi connectivity index (χ1n) is 10.3. The second-order valence-electron chi connectivity index (χ2n) is 7.62. The van der Waals surface area contributed by atoms with E-state index in [9.17, 15) is 0 Å². The molecule has 2 aromatic heterocycles. The zero-order valence-electron chi connectivity index (χ0n) is 16.9. The average molecular weight is 419 g/mol. The lowest BCUT2D eigenvalue weighted by atomic mass is 10.0. The Morgan fingerprint density at radius 1 is 1.23 bits per heavy atom. The van der Waals surface area contributed by atoms with Gasteiger partial charge in [0.25, 0.3) is 0 Å². The molecule has 152 valence electrons. The molecule has 3 aromatic rings. The normalized spacial score (nSPS) is 18.3. The Balaban J connectivity index is 1.69. The molecule has 1 aliphatic carbocycles. The number of hydrogen-bond acceptors (Lipinski definition) is 5. The number of fused-ring (bicyclic) bond motifs is 1. The summed E-state index contributed by atoms with van der Waals surface area (Å²) in [7, 11) is 1.73. The van der Waals surface area contributed by atoms with Gasteiger partial charge < -0.3 is 9.64 Å². The molecule has 1 aromatic carbocycles. The van der Waals surface area contributed by atoms with E-state index in [1.165, 1.54) is 16.8 Å². The number of pyridine rings is 1. The Morgan fingerprint density at radius 2 is 2.17 bits per heavy atom. The first-order valence-corrected chi connectivity index (χ1v) is 10.7. The fourth-order valence-corrected chi connectivity index (χ4v) is 4.58. The van der Waals surface area contributed by atoms with Gasteiger partial charge in [0.05, 0.1) is 17.5 Å². The van der Waals surface area contributed by atoms with Crippen LogP contribution in [0.4, 0.5) is 5.82 Å². The smallest absolute Gasteiger partial charge is 0.163 e. The Labute approximate surface area is 181 Å². The van der Waals surface area contributed by atoms with Crippen molar-refractivity contribution < 1.29 is 4.74 Å². The maximum absolute atomic E-state index is 6.75. The van der Waals surface area contributed by atoms with Crippen LogP contribution in [0.1, 0.15) is 18.4 Å². The molecule has 1 atom stereocenters. The van der Waals surface area contributed by atoms with Crippen LogP contribution in [0.15, 0.2) is 66.1 Å². The number of rotatable bonds is 5. The van der Waals surface area contributed by atoms with Gasteiger partial charge in [0, 0.05) is 42.7 Å². The van der Waals surface area contributed by atoms with Crippen LogP contribution in [0.25, 0.3) is 22.3 Å². The lowest BCUT2D eigenvalue weighted by molar-refractivity contribution is 0.202. The number of allylic oxidation sites excluding steroid dienone is 3. The number of hydrogen-bond donors (Lipinski definition) is 0. The molecule has 0 fully saturated rings. The SMILES string of the molecule is COCCc1ccc2nc(-c3cccnc3)nc(N3CCC4=C3C(Cl)CC=C4)c2c1. The van der Waals surface area contributed by atoms with E-state index < -0.39 is 0 Å². The summed E-state index contributed by atoms with van der Waals surface area (Å²) >= 11 is 6.75. The number of alkyl halides is 1. The average Bonchev–Trinajstić information content (AvgIpc) is 3.23. The zero-order valence-corrected chi connectivity index (χ0v) is 17.6. The van der Waals surface area contributed by atoms with E-state index in [-0.39, 0.29) is 5.38 Å². The summed E-state index contributed by atoms with van der Waals surface area (Å²) in [6.45, 7) is 1.56. The lowest BCUT2D eigenvalue weighted by Crippen LogP contribution is -2.26. The number of benzene rings is 1. The maximum Gasteiger partial charge on any atom is 0.163 e. The fourth-order valence-electron chi connectivity index (χ4n) is 4.22. The molecule has 5 nitrogen and oxygen atoms in total. The molecule has 0 spiro atoms. The van der Waals surface area contributed by atoms with Gasteiger partial charge >= 0.3 is 0 Å². The standard InChI is InChI=1S/C24H23ClN4O/c1-30-13-10-16-7-8-21-19(14-16)24(28-23(27-21)18-5-3-11-26-15-18)29-12-9-17-4-2-6-20(25)22(17)29/h2-5,7-8,11,14-15,20H,6,9-10,12-13H2,1H3. The Kier molecular flexibility index (Phi) is 5.23. The Hall–Kier alpha value is -2.76. The zero-order chi connectivity index (χ0) is 20.5. The fraction of sp³-hybridized carbons (Fsp3) is 0.292. The van der Waals surface area contributed by atoms with Crippen LogP contribution in [-0.2, 0) is 11.2 Å². The molecule has 1 unspecified atom stereocenters. The van der Waals surface area contributed by atoms with Crippen LogP contribution >= 0.6 is 11.6 Å². The van der Waals surface area contributed by atoms with Crippen LogP contribution in [0.5, 0.6) is 0 Å². The highest BCUT2D eigenvalue weighted by Crippen LogP contribution is 2.39. The quantitative estimate of drug-likeness (QED) is 0.551. The van der Waals surface area contributed by atoms with Crippen LogP contribution in [0.3, 0.4) is 0 Å². The van der Waals surface area contributed by atoms with Gasteiger partial charge in [-0.05, 0) is 54.7 Å². The van der Waals surface area contributed by atoms with Crippen molar-refractivity contribution in [2.24, 2.45) is 0 Å². The molecule has 0 amide bonds. The monoisotopic (exact) mass is 418 g/mol. The molecule has 3 heterocycles. The van der Waals surface area contributed by atoms with E-state index in [1.807, 2.05) is 12.1 Å². The van der Waals surface area contributed by atoms with Crippen LogP contribution in [0, 0.1) is 0 Å². The first kappa shape index (κ1) is 19.2. The van der Waals surface area contributed by atoms with Crippen molar-refractivity contribution in [3.63, 3.8) is 0 Å². The van der Waals surface area contributed by atoms with Crippen LogP contribution in [-0.4, -0.2) is 40.6 Å². The number of anilines is 1. The van der Waals surface area contributed by atoms with Gasteiger partial charge in [-0.15, -0.1) is 11.6 Å². The summed E-state index contributed by atoms with van der Waals surface area (Å²) < 4.78 is 5.27. The molecule has 0 saturated carbocycles. The van der Waals surface area contributed by atoms with E-state index in [4.69, 9.17) is 26.3 Å². The van der Waals surface area contributed by atoms with Crippen molar-refractivity contribution >= 4 is 28.3 Å². The summed E-state index contributed by atoms with van der Waals surface area (Å²) in [5.74, 6) is 1.60. The molecule has 0 N–H and O–H groups in total. The molecule has 6 heteroatoms. The summed E-state index contributed by atoms with van der Waals surface area (Å²) in [5, 5.41) is 1.01. The minimum Gasteiger partial charge on any atom is -0.384 e. The van der Waals surface area contributed by atoms with Crippen molar-refractivity contribution in [3.05, 3.63) is 71.7 Å². The topological polar surface area (TPSA) is 51.1 Å². The third kappa shape index (κ3) is 3.48. The van der Waals surface area contributed by atoms with Gasteiger partial charge in [0.2, 0.25) is 0 Å². The van der Waals surface area contributed by atoms with E-state index in [0.29, 0.717) is 12.4 Å². The minimum absolute atomic E-state index is 0.0315. The molecular formula is C24H23ClN4O. The van der Waals surface area contributed by atoms with Gasteiger partial charge in [0.1, 0.15) is 5.82 Å². The van der Waals surface area contributed by atoms with Gasteiger partial charge in [0.15, 0.2) is 5.82 Å². The molecular weight excluding hydrogens is 396 g/mol. The third-order valence-corrected chi connectivity index (χ3v) is 6.08. The van der Waals surface area contributed by atoms with Crippen LogP contribution < -0.4 is 4.90 Å². The highest BCUT2D eigenvalue weighted by molar-refractivity contribution is 6.23. The van der Waals surface area contributed by atoms with Gasteiger partial charge in [-0.3, -0.25) is 4.98 Å². The van der Waals surface area contributed by atoms with E-state index in [1.54, 1.807) is 19.5 Å². The minimum atomic E-state index is -0.0315. The predicted molar refractivity (Wildman–Crippen MR) is 121 cm³/mol. The second kappa shape index (κ2) is 8.17. The van der Waals surface area contributed by atoms with Crippen molar-refractivity contribution in [2.75, 3.05) is 25.2 Å². The van der Waals surface area contributed by atoms with E-state index in [2.05, 4.69) is 40.2 Å².